The van der Waals surface area contributed by atoms with Crippen molar-refractivity contribution in [2.75, 3.05) is 44.2 Å². The van der Waals surface area contributed by atoms with Crippen LogP contribution in [0.4, 0.5) is 18.9 Å². The van der Waals surface area contributed by atoms with Crippen molar-refractivity contribution >= 4 is 11.7 Å². The standard InChI is InChI=1S/C32H37F3N2O2/c1-3-24-39-30(38)31(2,27-8-5-4-6-9-27)18-7-19-36-20-22-37(23-21-36)29-16-12-26(13-17-29)25-10-14-28(15-11-25)32(33,34)35/h4-6,8-17H,3,7,18-24H2,1-2H3. The average Bonchev–Trinajstić information content (AvgIpc) is 2.96. The summed E-state index contributed by atoms with van der Waals surface area (Å²) in [5.41, 5.74) is 2.47. The SMILES string of the molecule is CCCOC(=O)C(C)(CCCN1CCN(c2ccc(-c3ccc(C(F)(F)F)cc3)cc2)CC1)c1ccccc1. The molecule has 4 nitrogen and oxygen atoms in total. The van der Waals surface area contributed by atoms with Crippen LogP contribution in [0.15, 0.2) is 78.9 Å². The highest BCUT2D eigenvalue weighted by Crippen LogP contribution is 2.33. The second kappa shape index (κ2) is 12.7. The number of hydrogen-bond donors (Lipinski definition) is 0. The molecule has 4 rings (SSSR count). The van der Waals surface area contributed by atoms with E-state index in [0.29, 0.717) is 6.61 Å². The molecule has 0 radical (unpaired) electrons. The minimum absolute atomic E-state index is 0.153. The molecule has 1 aliphatic heterocycles. The third kappa shape index (κ3) is 7.21. The normalized spacial score (nSPS) is 16.1. The number of nitrogens with zero attached hydrogens (tertiary/aromatic N) is 2. The zero-order chi connectivity index (χ0) is 27.9. The Bertz CT molecular complexity index is 1190. The first-order valence-electron chi connectivity index (χ1n) is 13.7. The molecule has 1 fully saturated rings. The Morgan fingerprint density at radius 3 is 1.97 bits per heavy atom. The number of alkyl halides is 3. The molecule has 3 aromatic carbocycles. The van der Waals surface area contributed by atoms with Crippen LogP contribution >= 0.6 is 0 Å². The Morgan fingerprint density at radius 2 is 1.41 bits per heavy atom. The van der Waals surface area contributed by atoms with E-state index in [0.717, 1.165) is 86.5 Å². The summed E-state index contributed by atoms with van der Waals surface area (Å²) in [6.07, 6.45) is -1.90. The number of halogens is 3. The van der Waals surface area contributed by atoms with Crippen LogP contribution in [0.1, 0.15) is 44.2 Å². The molecule has 39 heavy (non-hydrogen) atoms. The maximum atomic E-state index is 13.0. The largest absolute Gasteiger partial charge is 0.465 e. The quantitative estimate of drug-likeness (QED) is 0.256. The van der Waals surface area contributed by atoms with Crippen molar-refractivity contribution in [3.05, 3.63) is 90.0 Å². The number of rotatable bonds is 10. The van der Waals surface area contributed by atoms with E-state index in [2.05, 4.69) is 9.80 Å². The minimum Gasteiger partial charge on any atom is -0.465 e. The first-order chi connectivity index (χ1) is 18.7. The summed E-state index contributed by atoms with van der Waals surface area (Å²) in [6.45, 7) is 9.01. The molecule has 3 aromatic rings. The fourth-order valence-electron chi connectivity index (χ4n) is 5.13. The van der Waals surface area contributed by atoms with Crippen LogP contribution in [0.3, 0.4) is 0 Å². The van der Waals surface area contributed by atoms with Crippen LogP contribution in [-0.2, 0) is 21.1 Å². The summed E-state index contributed by atoms with van der Waals surface area (Å²) in [7, 11) is 0. The van der Waals surface area contributed by atoms with Crippen molar-refractivity contribution in [1.82, 2.24) is 4.90 Å². The predicted molar refractivity (Wildman–Crippen MR) is 150 cm³/mol. The molecule has 0 amide bonds. The van der Waals surface area contributed by atoms with Crippen LogP contribution in [0.5, 0.6) is 0 Å². The lowest BCUT2D eigenvalue weighted by Crippen LogP contribution is -2.47. The third-order valence-corrected chi connectivity index (χ3v) is 7.60. The van der Waals surface area contributed by atoms with Gasteiger partial charge in [0.25, 0.3) is 0 Å². The smallest absolute Gasteiger partial charge is 0.416 e. The second-order valence-electron chi connectivity index (χ2n) is 10.4. The van der Waals surface area contributed by atoms with Crippen LogP contribution in [-0.4, -0.2) is 50.2 Å². The summed E-state index contributed by atoms with van der Waals surface area (Å²) in [5, 5.41) is 0. The van der Waals surface area contributed by atoms with Crippen LogP contribution in [0.2, 0.25) is 0 Å². The number of anilines is 1. The van der Waals surface area contributed by atoms with E-state index in [1.165, 1.54) is 12.1 Å². The van der Waals surface area contributed by atoms with E-state index in [-0.39, 0.29) is 5.97 Å². The summed E-state index contributed by atoms with van der Waals surface area (Å²) < 4.78 is 44.1. The van der Waals surface area contributed by atoms with Crippen molar-refractivity contribution < 1.29 is 22.7 Å². The molecular formula is C32H37F3N2O2. The van der Waals surface area contributed by atoms with Gasteiger partial charge in [0.2, 0.25) is 0 Å². The first-order valence-corrected chi connectivity index (χ1v) is 13.7. The highest BCUT2D eigenvalue weighted by Gasteiger charge is 2.36. The maximum absolute atomic E-state index is 13.0. The Labute approximate surface area is 229 Å². The lowest BCUT2D eigenvalue weighted by molar-refractivity contribution is -0.150. The molecule has 7 heteroatoms. The maximum Gasteiger partial charge on any atom is 0.416 e. The molecule has 1 atom stereocenters. The molecular weight excluding hydrogens is 501 g/mol. The van der Waals surface area contributed by atoms with E-state index in [9.17, 15) is 18.0 Å². The average molecular weight is 539 g/mol. The van der Waals surface area contributed by atoms with Gasteiger partial charge >= 0.3 is 12.1 Å². The lowest BCUT2D eigenvalue weighted by Gasteiger charge is -2.37. The van der Waals surface area contributed by atoms with Gasteiger partial charge in [-0.05, 0) is 73.7 Å². The molecule has 0 aliphatic carbocycles. The summed E-state index contributed by atoms with van der Waals surface area (Å²) in [5.74, 6) is -0.153. The highest BCUT2D eigenvalue weighted by molar-refractivity contribution is 5.82. The number of carbonyl (C=O) groups is 1. The van der Waals surface area contributed by atoms with E-state index in [1.54, 1.807) is 0 Å². The van der Waals surface area contributed by atoms with Gasteiger partial charge in [-0.3, -0.25) is 9.69 Å². The molecule has 0 bridgehead atoms. The number of hydrogen-bond acceptors (Lipinski definition) is 4. The summed E-state index contributed by atoms with van der Waals surface area (Å²) in [6, 6.07) is 23.2. The Kier molecular flexibility index (Phi) is 9.33. The van der Waals surface area contributed by atoms with Gasteiger partial charge in [0, 0.05) is 31.9 Å². The van der Waals surface area contributed by atoms with Crippen molar-refractivity contribution in [2.45, 2.75) is 44.7 Å². The van der Waals surface area contributed by atoms with Gasteiger partial charge in [-0.1, -0.05) is 61.5 Å². The van der Waals surface area contributed by atoms with E-state index in [4.69, 9.17) is 4.74 Å². The molecule has 0 saturated carbocycles. The fourth-order valence-corrected chi connectivity index (χ4v) is 5.13. The van der Waals surface area contributed by atoms with Gasteiger partial charge in [0.15, 0.2) is 0 Å². The van der Waals surface area contributed by atoms with Gasteiger partial charge in [0.05, 0.1) is 17.6 Å². The van der Waals surface area contributed by atoms with Gasteiger partial charge < -0.3 is 9.64 Å². The van der Waals surface area contributed by atoms with Gasteiger partial charge in [-0.15, -0.1) is 0 Å². The summed E-state index contributed by atoms with van der Waals surface area (Å²) in [4.78, 5) is 17.8. The minimum atomic E-state index is -4.33. The topological polar surface area (TPSA) is 32.8 Å². The van der Waals surface area contributed by atoms with Crippen molar-refractivity contribution in [3.63, 3.8) is 0 Å². The number of benzene rings is 3. The molecule has 1 saturated heterocycles. The Hall–Kier alpha value is -3.32. The Morgan fingerprint density at radius 1 is 0.821 bits per heavy atom. The number of esters is 1. The first kappa shape index (κ1) is 28.7. The lowest BCUT2D eigenvalue weighted by atomic mass is 9.78. The fraction of sp³-hybridized carbons (Fsp3) is 0.406. The van der Waals surface area contributed by atoms with Crippen LogP contribution < -0.4 is 4.90 Å². The zero-order valence-corrected chi connectivity index (χ0v) is 22.7. The number of piperazine rings is 1. The molecule has 1 aliphatic rings. The van der Waals surface area contributed by atoms with Gasteiger partial charge in [-0.25, -0.2) is 0 Å². The second-order valence-corrected chi connectivity index (χ2v) is 10.4. The Balaban J connectivity index is 1.29. The van der Waals surface area contributed by atoms with Crippen molar-refractivity contribution in [3.8, 4) is 11.1 Å². The van der Waals surface area contributed by atoms with Gasteiger partial charge in [-0.2, -0.15) is 13.2 Å². The highest BCUT2D eigenvalue weighted by atomic mass is 19.4. The third-order valence-electron chi connectivity index (χ3n) is 7.60. The molecule has 1 heterocycles. The van der Waals surface area contributed by atoms with E-state index in [1.807, 2.05) is 68.4 Å². The van der Waals surface area contributed by atoms with Crippen molar-refractivity contribution in [1.29, 1.82) is 0 Å². The van der Waals surface area contributed by atoms with E-state index >= 15 is 0 Å². The molecule has 0 aromatic heterocycles. The van der Waals surface area contributed by atoms with Crippen molar-refractivity contribution in [2.24, 2.45) is 0 Å². The van der Waals surface area contributed by atoms with E-state index < -0.39 is 17.2 Å². The monoisotopic (exact) mass is 538 g/mol. The molecule has 0 spiro atoms. The number of ether oxygens (including phenoxy) is 1. The number of carbonyl (C=O) groups excluding carboxylic acids is 1. The van der Waals surface area contributed by atoms with Gasteiger partial charge in [0.1, 0.15) is 0 Å². The van der Waals surface area contributed by atoms with Crippen LogP contribution in [0, 0.1) is 0 Å². The zero-order valence-electron chi connectivity index (χ0n) is 22.7. The molecule has 1 unspecified atom stereocenters. The predicted octanol–water partition coefficient (Wildman–Crippen LogP) is 7.19. The molecule has 208 valence electrons. The molecule has 0 N–H and O–H groups in total. The van der Waals surface area contributed by atoms with Crippen LogP contribution in [0.25, 0.3) is 11.1 Å². The summed E-state index contributed by atoms with van der Waals surface area (Å²) >= 11 is 0.